The molecule has 0 spiro atoms. The highest BCUT2D eigenvalue weighted by atomic mass is 16.5. The van der Waals surface area contributed by atoms with Crippen molar-refractivity contribution < 1.29 is 23.5 Å². The molecular weight excluding hydrogens is 236 g/mol. The van der Waals surface area contributed by atoms with Crippen molar-refractivity contribution in [3.05, 3.63) is 29.0 Å². The van der Waals surface area contributed by atoms with Gasteiger partial charge in [-0.2, -0.15) is 0 Å². The molecule has 0 atom stereocenters. The molecule has 1 heterocycles. The third-order valence-electron chi connectivity index (χ3n) is 2.81. The van der Waals surface area contributed by atoms with Gasteiger partial charge in [0.2, 0.25) is 5.76 Å². The van der Waals surface area contributed by atoms with Crippen molar-refractivity contribution in [3.63, 3.8) is 0 Å². The van der Waals surface area contributed by atoms with Gasteiger partial charge in [-0.1, -0.05) is 0 Å². The van der Waals surface area contributed by atoms with E-state index < -0.39 is 5.97 Å². The van der Waals surface area contributed by atoms with Crippen LogP contribution in [0, 0.1) is 6.92 Å². The molecule has 5 nitrogen and oxygen atoms in total. The summed E-state index contributed by atoms with van der Waals surface area (Å²) in [6.45, 7) is 1.74. The van der Waals surface area contributed by atoms with Crippen LogP contribution < -0.4 is 4.74 Å². The molecule has 0 amide bonds. The number of aryl methyl sites for hydroxylation is 1. The van der Waals surface area contributed by atoms with E-state index in [4.69, 9.17) is 9.15 Å². The van der Waals surface area contributed by atoms with Gasteiger partial charge in [0.1, 0.15) is 11.3 Å². The van der Waals surface area contributed by atoms with Gasteiger partial charge in [-0.05, 0) is 19.1 Å². The SMILES string of the molecule is COC(=O)c1oc2c(C=O)c(OC)ccc2c1C. The summed E-state index contributed by atoms with van der Waals surface area (Å²) < 4.78 is 15.1. The molecule has 94 valence electrons. The molecule has 0 N–H and O–H groups in total. The second-order valence-corrected chi connectivity index (χ2v) is 3.72. The second kappa shape index (κ2) is 4.52. The highest BCUT2D eigenvalue weighted by molar-refractivity contribution is 6.03. The molecule has 1 aromatic heterocycles. The van der Waals surface area contributed by atoms with Crippen LogP contribution in [0.4, 0.5) is 0 Å². The van der Waals surface area contributed by atoms with Crippen LogP contribution in [0.5, 0.6) is 5.75 Å². The van der Waals surface area contributed by atoms with Crippen molar-refractivity contribution in [3.8, 4) is 5.75 Å². The minimum Gasteiger partial charge on any atom is -0.496 e. The van der Waals surface area contributed by atoms with Crippen molar-refractivity contribution in [2.24, 2.45) is 0 Å². The van der Waals surface area contributed by atoms with Gasteiger partial charge in [0, 0.05) is 10.9 Å². The van der Waals surface area contributed by atoms with Gasteiger partial charge in [0.15, 0.2) is 6.29 Å². The van der Waals surface area contributed by atoms with E-state index in [9.17, 15) is 9.59 Å². The Labute approximate surface area is 103 Å². The zero-order valence-corrected chi connectivity index (χ0v) is 10.3. The van der Waals surface area contributed by atoms with Crippen LogP contribution in [0.25, 0.3) is 11.0 Å². The summed E-state index contributed by atoms with van der Waals surface area (Å²) in [5.74, 6) is -0.0639. The number of esters is 1. The van der Waals surface area contributed by atoms with E-state index in [0.29, 0.717) is 28.6 Å². The van der Waals surface area contributed by atoms with Crippen LogP contribution in [0.15, 0.2) is 16.5 Å². The summed E-state index contributed by atoms with van der Waals surface area (Å²) in [7, 11) is 2.74. The molecule has 0 unspecified atom stereocenters. The number of benzene rings is 1. The number of hydrogen-bond donors (Lipinski definition) is 0. The number of ether oxygens (including phenoxy) is 2. The molecule has 0 bridgehead atoms. The van der Waals surface area contributed by atoms with Gasteiger partial charge in [0.05, 0.1) is 19.8 Å². The van der Waals surface area contributed by atoms with Gasteiger partial charge in [-0.3, -0.25) is 4.79 Å². The highest BCUT2D eigenvalue weighted by Crippen LogP contribution is 2.32. The standard InChI is InChI=1S/C13H12O5/c1-7-8-4-5-10(16-2)9(6-14)12(8)18-11(7)13(15)17-3/h4-6H,1-3H3. The summed E-state index contributed by atoms with van der Waals surface area (Å²) in [6, 6.07) is 3.40. The number of rotatable bonds is 3. The van der Waals surface area contributed by atoms with E-state index in [1.165, 1.54) is 14.2 Å². The Hall–Kier alpha value is -2.30. The van der Waals surface area contributed by atoms with Gasteiger partial charge in [0.25, 0.3) is 0 Å². The first-order valence-electron chi connectivity index (χ1n) is 5.27. The maximum Gasteiger partial charge on any atom is 0.374 e. The first-order valence-corrected chi connectivity index (χ1v) is 5.27. The van der Waals surface area contributed by atoms with Crippen LogP contribution in [0.3, 0.4) is 0 Å². The van der Waals surface area contributed by atoms with E-state index in [1.54, 1.807) is 19.1 Å². The first kappa shape index (κ1) is 12.2. The number of hydrogen-bond acceptors (Lipinski definition) is 5. The van der Waals surface area contributed by atoms with Gasteiger partial charge in [-0.25, -0.2) is 4.79 Å². The van der Waals surface area contributed by atoms with Crippen molar-refractivity contribution in [1.29, 1.82) is 0 Å². The molecule has 0 saturated heterocycles. The molecule has 18 heavy (non-hydrogen) atoms. The lowest BCUT2D eigenvalue weighted by Gasteiger charge is -2.02. The van der Waals surface area contributed by atoms with Gasteiger partial charge >= 0.3 is 5.97 Å². The van der Waals surface area contributed by atoms with Gasteiger partial charge in [-0.15, -0.1) is 0 Å². The summed E-state index contributed by atoms with van der Waals surface area (Å²) in [5, 5.41) is 0.693. The number of carbonyl (C=O) groups excluding carboxylic acids is 2. The maximum atomic E-state index is 11.5. The van der Waals surface area contributed by atoms with Crippen LogP contribution in [0.1, 0.15) is 26.5 Å². The molecule has 2 rings (SSSR count). The van der Waals surface area contributed by atoms with Crippen molar-refractivity contribution in [1.82, 2.24) is 0 Å². The zero-order valence-electron chi connectivity index (χ0n) is 10.3. The number of carbonyl (C=O) groups is 2. The average molecular weight is 248 g/mol. The Kier molecular flexibility index (Phi) is 3.06. The van der Waals surface area contributed by atoms with E-state index >= 15 is 0 Å². The smallest absolute Gasteiger partial charge is 0.374 e. The number of aldehydes is 1. The predicted molar refractivity (Wildman–Crippen MR) is 64.2 cm³/mol. The van der Waals surface area contributed by atoms with Crippen LogP contribution in [-0.2, 0) is 4.74 Å². The lowest BCUT2D eigenvalue weighted by Crippen LogP contribution is -2.00. The molecule has 0 aliphatic heterocycles. The third kappa shape index (κ3) is 1.64. The minimum atomic E-state index is -0.570. The quantitative estimate of drug-likeness (QED) is 0.616. The Balaban J connectivity index is 2.79. The lowest BCUT2D eigenvalue weighted by atomic mass is 10.1. The molecular formula is C13H12O5. The summed E-state index contributed by atoms with van der Waals surface area (Å²) in [6.07, 6.45) is 0.644. The van der Waals surface area contributed by atoms with Crippen LogP contribution in [-0.4, -0.2) is 26.5 Å². The van der Waals surface area contributed by atoms with E-state index in [1.807, 2.05) is 0 Å². The normalized spacial score (nSPS) is 10.4. The van der Waals surface area contributed by atoms with Crippen molar-refractivity contribution in [2.45, 2.75) is 6.92 Å². The Morgan fingerprint density at radius 2 is 2.06 bits per heavy atom. The lowest BCUT2D eigenvalue weighted by molar-refractivity contribution is 0.0566. The Morgan fingerprint density at radius 3 is 2.61 bits per heavy atom. The fourth-order valence-corrected chi connectivity index (χ4v) is 1.86. The third-order valence-corrected chi connectivity index (χ3v) is 2.81. The highest BCUT2D eigenvalue weighted by Gasteiger charge is 2.21. The van der Waals surface area contributed by atoms with E-state index in [-0.39, 0.29) is 11.3 Å². The molecule has 0 aliphatic carbocycles. The Bertz CT molecular complexity index is 624. The summed E-state index contributed by atoms with van der Waals surface area (Å²) in [5.41, 5.74) is 1.26. The van der Waals surface area contributed by atoms with E-state index in [2.05, 4.69) is 4.74 Å². The first-order chi connectivity index (χ1) is 8.63. The molecule has 0 fully saturated rings. The maximum absolute atomic E-state index is 11.5. The second-order valence-electron chi connectivity index (χ2n) is 3.72. The molecule has 0 aliphatic rings. The summed E-state index contributed by atoms with van der Waals surface area (Å²) >= 11 is 0. The Morgan fingerprint density at radius 1 is 1.33 bits per heavy atom. The fourth-order valence-electron chi connectivity index (χ4n) is 1.86. The zero-order chi connectivity index (χ0) is 13.3. The fraction of sp³-hybridized carbons (Fsp3) is 0.231. The summed E-state index contributed by atoms with van der Waals surface area (Å²) in [4.78, 5) is 22.6. The molecule has 1 aromatic carbocycles. The van der Waals surface area contributed by atoms with Crippen molar-refractivity contribution >= 4 is 23.2 Å². The van der Waals surface area contributed by atoms with Crippen molar-refractivity contribution in [2.75, 3.05) is 14.2 Å². The number of fused-ring (bicyclic) bond motifs is 1. The van der Waals surface area contributed by atoms with Gasteiger partial charge < -0.3 is 13.9 Å². The number of methoxy groups -OCH3 is 2. The predicted octanol–water partition coefficient (Wildman–Crippen LogP) is 2.35. The number of furan rings is 1. The average Bonchev–Trinajstić information content (AvgIpc) is 2.74. The van der Waals surface area contributed by atoms with E-state index in [0.717, 1.165) is 0 Å². The molecule has 0 radical (unpaired) electrons. The van der Waals surface area contributed by atoms with Crippen LogP contribution >= 0.6 is 0 Å². The monoisotopic (exact) mass is 248 g/mol. The molecule has 0 saturated carbocycles. The largest absolute Gasteiger partial charge is 0.496 e. The minimum absolute atomic E-state index is 0.101. The molecule has 5 heteroatoms. The topological polar surface area (TPSA) is 65.7 Å². The van der Waals surface area contributed by atoms with Crippen LogP contribution in [0.2, 0.25) is 0 Å². The molecule has 2 aromatic rings.